The summed E-state index contributed by atoms with van der Waals surface area (Å²) in [5, 5.41) is 10.4. The molecule has 0 aliphatic heterocycles. The van der Waals surface area contributed by atoms with E-state index in [0.717, 1.165) is 5.56 Å². The fraction of sp³-hybridized carbons (Fsp3) is 0.500. The highest BCUT2D eigenvalue weighted by atomic mass is 16.5. The highest BCUT2D eigenvalue weighted by molar-refractivity contribution is 5.60. The second-order valence-electron chi connectivity index (χ2n) is 3.66. The van der Waals surface area contributed by atoms with E-state index in [1.165, 1.54) is 0 Å². The highest BCUT2D eigenvalue weighted by Crippen LogP contribution is 2.36. The quantitative estimate of drug-likeness (QED) is 0.748. The lowest BCUT2D eigenvalue weighted by Crippen LogP contribution is -2.25. The monoisotopic (exact) mass is 209 g/mol. The Kier molecular flexibility index (Phi) is 3.58. The number of hydrogen-bond acceptors (Lipinski definition) is 3. The molecule has 1 aromatic rings. The zero-order valence-corrected chi connectivity index (χ0v) is 9.58. The molecule has 0 radical (unpaired) electrons. The molecule has 0 bridgehead atoms. The molecule has 0 spiro atoms. The molecular formula is C12H19NO2. The molecular weight excluding hydrogens is 190 g/mol. The van der Waals surface area contributed by atoms with Crippen molar-refractivity contribution in [2.75, 3.05) is 12.8 Å². The van der Waals surface area contributed by atoms with Gasteiger partial charge in [0.1, 0.15) is 5.75 Å². The van der Waals surface area contributed by atoms with E-state index in [-0.39, 0.29) is 0 Å². The lowest BCUT2D eigenvalue weighted by molar-refractivity contribution is 0.0290. The van der Waals surface area contributed by atoms with E-state index in [1.807, 2.05) is 26.0 Å². The van der Waals surface area contributed by atoms with Crippen LogP contribution in [0.15, 0.2) is 18.2 Å². The van der Waals surface area contributed by atoms with Crippen molar-refractivity contribution in [1.82, 2.24) is 0 Å². The minimum Gasteiger partial charge on any atom is -0.495 e. The molecule has 0 aliphatic carbocycles. The van der Waals surface area contributed by atoms with Crippen molar-refractivity contribution in [3.8, 4) is 5.75 Å². The Morgan fingerprint density at radius 3 is 2.40 bits per heavy atom. The van der Waals surface area contributed by atoms with Crippen LogP contribution in [0.1, 0.15) is 32.3 Å². The van der Waals surface area contributed by atoms with Gasteiger partial charge in [0.2, 0.25) is 0 Å². The second kappa shape index (κ2) is 4.53. The average Bonchev–Trinajstić information content (AvgIpc) is 2.28. The predicted octanol–water partition coefficient (Wildman–Crippen LogP) is 2.29. The minimum absolute atomic E-state index is 0.534. The maximum Gasteiger partial charge on any atom is 0.142 e. The molecule has 3 heteroatoms. The normalized spacial score (nSPS) is 11.5. The molecule has 0 aliphatic rings. The van der Waals surface area contributed by atoms with Crippen molar-refractivity contribution < 1.29 is 9.84 Å². The van der Waals surface area contributed by atoms with Crippen LogP contribution in [0.4, 0.5) is 5.69 Å². The van der Waals surface area contributed by atoms with Gasteiger partial charge in [0, 0.05) is 5.56 Å². The third-order valence-corrected chi connectivity index (χ3v) is 2.96. The number of para-hydroxylation sites is 1. The van der Waals surface area contributed by atoms with Crippen molar-refractivity contribution in [2.45, 2.75) is 32.3 Å². The Morgan fingerprint density at radius 2 is 1.93 bits per heavy atom. The van der Waals surface area contributed by atoms with Gasteiger partial charge in [-0.15, -0.1) is 0 Å². The van der Waals surface area contributed by atoms with Crippen molar-refractivity contribution in [3.63, 3.8) is 0 Å². The molecule has 84 valence electrons. The number of aliphatic hydroxyl groups is 1. The van der Waals surface area contributed by atoms with Gasteiger partial charge < -0.3 is 15.6 Å². The van der Waals surface area contributed by atoms with Gasteiger partial charge >= 0.3 is 0 Å². The zero-order chi connectivity index (χ0) is 11.5. The van der Waals surface area contributed by atoms with Gasteiger partial charge in [0.25, 0.3) is 0 Å². The van der Waals surface area contributed by atoms with Crippen molar-refractivity contribution in [2.24, 2.45) is 0 Å². The van der Waals surface area contributed by atoms with E-state index in [9.17, 15) is 5.11 Å². The average molecular weight is 209 g/mol. The summed E-state index contributed by atoms with van der Waals surface area (Å²) in [6.45, 7) is 3.89. The molecule has 0 saturated carbocycles. The number of hydrogen-bond donors (Lipinski definition) is 2. The summed E-state index contributed by atoms with van der Waals surface area (Å²) >= 11 is 0. The number of ether oxygens (including phenoxy) is 1. The number of methoxy groups -OCH3 is 1. The van der Waals surface area contributed by atoms with Crippen molar-refractivity contribution in [3.05, 3.63) is 23.8 Å². The molecule has 0 unspecified atom stereocenters. The Hall–Kier alpha value is -1.22. The summed E-state index contributed by atoms with van der Waals surface area (Å²) in [4.78, 5) is 0. The van der Waals surface area contributed by atoms with Crippen LogP contribution in [0.2, 0.25) is 0 Å². The first kappa shape index (κ1) is 11.9. The van der Waals surface area contributed by atoms with E-state index in [0.29, 0.717) is 24.3 Å². The van der Waals surface area contributed by atoms with E-state index in [4.69, 9.17) is 10.5 Å². The smallest absolute Gasteiger partial charge is 0.142 e. The van der Waals surface area contributed by atoms with E-state index in [1.54, 1.807) is 13.2 Å². The first-order valence-electron chi connectivity index (χ1n) is 5.24. The SMILES string of the molecule is CCC(O)(CC)c1cccc(OC)c1N. The molecule has 1 rings (SSSR count). The van der Waals surface area contributed by atoms with Crippen LogP contribution in [0.3, 0.4) is 0 Å². The van der Waals surface area contributed by atoms with E-state index < -0.39 is 5.60 Å². The van der Waals surface area contributed by atoms with Gasteiger partial charge in [-0.25, -0.2) is 0 Å². The van der Waals surface area contributed by atoms with Crippen LogP contribution in [0.5, 0.6) is 5.75 Å². The van der Waals surface area contributed by atoms with Gasteiger partial charge in [-0.3, -0.25) is 0 Å². The number of rotatable bonds is 4. The van der Waals surface area contributed by atoms with Crippen LogP contribution >= 0.6 is 0 Å². The van der Waals surface area contributed by atoms with Crippen LogP contribution in [-0.2, 0) is 5.60 Å². The third-order valence-electron chi connectivity index (χ3n) is 2.96. The van der Waals surface area contributed by atoms with Crippen molar-refractivity contribution >= 4 is 5.69 Å². The van der Waals surface area contributed by atoms with Gasteiger partial charge in [-0.05, 0) is 18.9 Å². The summed E-state index contributed by atoms with van der Waals surface area (Å²) in [7, 11) is 1.58. The standard InChI is InChI=1S/C12H19NO2/c1-4-12(14,5-2)9-7-6-8-10(15-3)11(9)13/h6-8,14H,4-5,13H2,1-3H3. The first-order valence-corrected chi connectivity index (χ1v) is 5.24. The summed E-state index contributed by atoms with van der Waals surface area (Å²) in [5.41, 5.74) is 6.39. The molecule has 0 saturated heterocycles. The van der Waals surface area contributed by atoms with Gasteiger partial charge in [-0.1, -0.05) is 26.0 Å². The molecule has 3 nitrogen and oxygen atoms in total. The van der Waals surface area contributed by atoms with E-state index in [2.05, 4.69) is 0 Å². The minimum atomic E-state index is -0.849. The summed E-state index contributed by atoms with van der Waals surface area (Å²) in [6, 6.07) is 5.50. The molecule has 0 amide bonds. The van der Waals surface area contributed by atoms with Gasteiger partial charge in [0.15, 0.2) is 0 Å². The molecule has 3 N–H and O–H groups in total. The van der Waals surface area contributed by atoms with Crippen LogP contribution in [-0.4, -0.2) is 12.2 Å². The summed E-state index contributed by atoms with van der Waals surface area (Å²) < 4.78 is 5.13. The number of benzene rings is 1. The Bertz CT molecular complexity index is 332. The summed E-state index contributed by atoms with van der Waals surface area (Å²) in [6.07, 6.45) is 1.28. The van der Waals surface area contributed by atoms with Crippen LogP contribution < -0.4 is 10.5 Å². The molecule has 0 atom stereocenters. The van der Waals surface area contributed by atoms with Gasteiger partial charge in [0.05, 0.1) is 18.4 Å². The first-order chi connectivity index (χ1) is 7.09. The lowest BCUT2D eigenvalue weighted by atomic mass is 9.87. The summed E-state index contributed by atoms with van der Waals surface area (Å²) in [5.74, 6) is 0.618. The molecule has 0 aromatic heterocycles. The maximum atomic E-state index is 10.4. The van der Waals surface area contributed by atoms with Crippen LogP contribution in [0.25, 0.3) is 0 Å². The highest BCUT2D eigenvalue weighted by Gasteiger charge is 2.27. The number of nitrogens with two attached hydrogens (primary N) is 1. The van der Waals surface area contributed by atoms with Gasteiger partial charge in [-0.2, -0.15) is 0 Å². The largest absolute Gasteiger partial charge is 0.495 e. The molecule has 0 fully saturated rings. The Morgan fingerprint density at radius 1 is 1.33 bits per heavy atom. The fourth-order valence-corrected chi connectivity index (χ4v) is 1.76. The van der Waals surface area contributed by atoms with E-state index >= 15 is 0 Å². The Balaban J connectivity index is 3.24. The van der Waals surface area contributed by atoms with Crippen LogP contribution in [0, 0.1) is 0 Å². The zero-order valence-electron chi connectivity index (χ0n) is 9.58. The Labute approximate surface area is 90.9 Å². The lowest BCUT2D eigenvalue weighted by Gasteiger charge is -2.27. The van der Waals surface area contributed by atoms with Crippen molar-refractivity contribution in [1.29, 1.82) is 0 Å². The molecule has 0 heterocycles. The second-order valence-corrected chi connectivity index (χ2v) is 3.66. The predicted molar refractivity (Wildman–Crippen MR) is 61.9 cm³/mol. The maximum absolute atomic E-state index is 10.4. The topological polar surface area (TPSA) is 55.5 Å². The number of anilines is 1. The third kappa shape index (κ3) is 2.07. The molecule has 15 heavy (non-hydrogen) atoms. The molecule has 1 aromatic carbocycles. The fourth-order valence-electron chi connectivity index (χ4n) is 1.76. The number of nitrogen functional groups attached to an aromatic ring is 1.